The van der Waals surface area contributed by atoms with E-state index in [2.05, 4.69) is 10.1 Å². The number of guanidine groups is 1. The van der Waals surface area contributed by atoms with Gasteiger partial charge in [-0.25, -0.2) is 13.8 Å². The van der Waals surface area contributed by atoms with Crippen molar-refractivity contribution in [2.75, 3.05) is 0 Å². The van der Waals surface area contributed by atoms with Crippen molar-refractivity contribution in [1.29, 1.82) is 0 Å². The van der Waals surface area contributed by atoms with E-state index in [9.17, 15) is 18.7 Å². The Morgan fingerprint density at radius 2 is 2.06 bits per heavy atom. The summed E-state index contributed by atoms with van der Waals surface area (Å²) in [5.74, 6) is -2.58. The Kier molecular flexibility index (Phi) is 5.25. The van der Waals surface area contributed by atoms with Gasteiger partial charge in [-0.1, -0.05) is 28.9 Å². The standard InChI is InChI=1S/C23H25ClF2N4O3/c1-22(11-19(32)30(21(27)28-22)13-7-8-23(25,26)18(31)9-13)15-4-2-3-14(20(15)24)17-10-16(29-33-17)12-5-6-12/h2-4,10,12-13,18,31H,5-9,11H2,1H3,(H2,27,28)/t13-,18-,22-/m0/s1. The predicted molar refractivity (Wildman–Crippen MR) is 118 cm³/mol. The van der Waals surface area contributed by atoms with Crippen molar-refractivity contribution in [3.63, 3.8) is 0 Å². The third-order valence-corrected chi connectivity index (χ3v) is 7.31. The van der Waals surface area contributed by atoms with Crippen LogP contribution in [0.5, 0.6) is 0 Å². The molecular formula is C23H25ClF2N4O3. The molecule has 0 unspecified atom stereocenters. The Balaban J connectivity index is 1.45. The summed E-state index contributed by atoms with van der Waals surface area (Å²) in [6.45, 7) is 1.76. The zero-order valence-electron chi connectivity index (χ0n) is 18.1. The number of benzene rings is 1. The summed E-state index contributed by atoms with van der Waals surface area (Å²) in [5, 5.41) is 14.3. The summed E-state index contributed by atoms with van der Waals surface area (Å²) in [6.07, 6.45) is -0.395. The molecule has 33 heavy (non-hydrogen) atoms. The van der Waals surface area contributed by atoms with Crippen LogP contribution in [0, 0.1) is 0 Å². The van der Waals surface area contributed by atoms with Gasteiger partial charge in [-0.15, -0.1) is 0 Å². The number of carbonyl (C=O) groups is 1. The molecule has 2 heterocycles. The first-order valence-electron chi connectivity index (χ1n) is 11.1. The lowest BCUT2D eigenvalue weighted by atomic mass is 9.84. The zero-order valence-corrected chi connectivity index (χ0v) is 18.9. The Bertz CT molecular complexity index is 1130. The molecule has 176 valence electrons. The molecule has 5 rings (SSSR count). The van der Waals surface area contributed by atoms with Crippen LogP contribution in [0.4, 0.5) is 8.78 Å². The minimum atomic E-state index is -3.16. The second kappa shape index (κ2) is 7.77. The van der Waals surface area contributed by atoms with E-state index in [-0.39, 0.29) is 31.1 Å². The van der Waals surface area contributed by atoms with E-state index in [4.69, 9.17) is 21.9 Å². The normalized spacial score (nSPS) is 29.8. The smallest absolute Gasteiger partial charge is 0.273 e. The lowest BCUT2D eigenvalue weighted by molar-refractivity contribution is -0.151. The Hall–Kier alpha value is -2.52. The van der Waals surface area contributed by atoms with E-state index in [0.29, 0.717) is 27.8 Å². The predicted octanol–water partition coefficient (Wildman–Crippen LogP) is 4.18. The lowest BCUT2D eigenvalue weighted by Gasteiger charge is -2.43. The molecule has 1 aromatic carbocycles. The number of rotatable bonds is 4. The number of hydrogen-bond donors (Lipinski definition) is 2. The molecule has 7 nitrogen and oxygen atoms in total. The van der Waals surface area contributed by atoms with Crippen LogP contribution < -0.4 is 5.73 Å². The molecule has 2 aromatic rings. The minimum Gasteiger partial charge on any atom is -0.387 e. The third kappa shape index (κ3) is 3.91. The zero-order chi connectivity index (χ0) is 23.5. The number of nitrogens with zero attached hydrogens (tertiary/aromatic N) is 3. The highest BCUT2D eigenvalue weighted by Crippen LogP contribution is 2.45. The molecule has 0 spiro atoms. The molecule has 2 saturated carbocycles. The van der Waals surface area contributed by atoms with Gasteiger partial charge < -0.3 is 15.4 Å². The molecule has 1 aliphatic heterocycles. The Morgan fingerprint density at radius 3 is 2.73 bits per heavy atom. The van der Waals surface area contributed by atoms with Gasteiger partial charge in [0.2, 0.25) is 5.91 Å². The fraction of sp³-hybridized carbons (Fsp3) is 0.522. The van der Waals surface area contributed by atoms with Crippen molar-refractivity contribution in [3.05, 3.63) is 40.5 Å². The average molecular weight is 479 g/mol. The molecule has 2 aliphatic carbocycles. The van der Waals surface area contributed by atoms with Gasteiger partial charge in [0, 0.05) is 36.4 Å². The molecule has 1 aromatic heterocycles. The first-order valence-corrected chi connectivity index (χ1v) is 11.5. The van der Waals surface area contributed by atoms with Crippen LogP contribution in [0.1, 0.15) is 62.6 Å². The SMILES string of the molecule is C[C@@]1(c2cccc(-c3cc(C4CC4)no3)c2Cl)CC(=O)N([C@H]2CCC(F)(F)[C@@H](O)C2)C(N)=N1. The van der Waals surface area contributed by atoms with Crippen molar-refractivity contribution in [3.8, 4) is 11.3 Å². The van der Waals surface area contributed by atoms with Crippen LogP contribution in [-0.2, 0) is 10.3 Å². The number of aliphatic hydroxyl groups excluding tert-OH is 1. The summed E-state index contributed by atoms with van der Waals surface area (Å²) in [7, 11) is 0. The fourth-order valence-corrected chi connectivity index (χ4v) is 5.26. The van der Waals surface area contributed by atoms with Crippen molar-refractivity contribution in [1.82, 2.24) is 10.1 Å². The van der Waals surface area contributed by atoms with Crippen LogP contribution in [0.3, 0.4) is 0 Å². The molecule has 10 heteroatoms. The maximum absolute atomic E-state index is 13.7. The van der Waals surface area contributed by atoms with Crippen LogP contribution in [-0.4, -0.2) is 45.1 Å². The van der Waals surface area contributed by atoms with Gasteiger partial charge in [-0.05, 0) is 37.8 Å². The second-order valence-corrected chi connectivity index (χ2v) is 9.82. The quantitative estimate of drug-likeness (QED) is 0.685. The summed E-state index contributed by atoms with van der Waals surface area (Å²) in [6, 6.07) is 6.68. The van der Waals surface area contributed by atoms with Crippen molar-refractivity contribution >= 4 is 23.5 Å². The van der Waals surface area contributed by atoms with E-state index in [1.54, 1.807) is 13.0 Å². The van der Waals surface area contributed by atoms with Crippen LogP contribution in [0.2, 0.25) is 5.02 Å². The lowest BCUT2D eigenvalue weighted by Crippen LogP contribution is -2.57. The number of aromatic nitrogens is 1. The number of amides is 1. The number of alkyl halides is 2. The molecule has 0 saturated heterocycles. The highest BCUT2D eigenvalue weighted by atomic mass is 35.5. The Morgan fingerprint density at radius 1 is 1.30 bits per heavy atom. The molecule has 0 radical (unpaired) electrons. The first kappa shape index (κ1) is 22.3. The number of hydrogen-bond acceptors (Lipinski definition) is 6. The van der Waals surface area contributed by atoms with Crippen molar-refractivity contribution < 1.29 is 23.2 Å². The number of aliphatic imine (C=N–C) groups is 1. The minimum absolute atomic E-state index is 0.0355. The highest BCUT2D eigenvalue weighted by Gasteiger charge is 2.48. The van der Waals surface area contributed by atoms with Gasteiger partial charge in [0.25, 0.3) is 5.92 Å². The molecule has 3 atom stereocenters. The highest BCUT2D eigenvalue weighted by molar-refractivity contribution is 6.34. The van der Waals surface area contributed by atoms with Gasteiger partial charge in [0.05, 0.1) is 22.7 Å². The van der Waals surface area contributed by atoms with Gasteiger partial charge in [-0.3, -0.25) is 9.69 Å². The van der Waals surface area contributed by atoms with Gasteiger partial charge in [0.1, 0.15) is 6.10 Å². The molecule has 1 amide bonds. The molecule has 3 aliphatic rings. The van der Waals surface area contributed by atoms with Crippen LogP contribution >= 0.6 is 11.6 Å². The van der Waals surface area contributed by atoms with Crippen LogP contribution in [0.15, 0.2) is 33.8 Å². The second-order valence-electron chi connectivity index (χ2n) is 9.45. The molecular weight excluding hydrogens is 454 g/mol. The molecule has 0 bridgehead atoms. The van der Waals surface area contributed by atoms with E-state index < -0.39 is 30.0 Å². The van der Waals surface area contributed by atoms with Crippen molar-refractivity contribution in [2.24, 2.45) is 10.7 Å². The summed E-state index contributed by atoms with van der Waals surface area (Å²) >= 11 is 6.76. The van der Waals surface area contributed by atoms with Gasteiger partial charge >= 0.3 is 0 Å². The summed E-state index contributed by atoms with van der Waals surface area (Å²) < 4.78 is 32.9. The Labute approximate surface area is 194 Å². The monoisotopic (exact) mass is 478 g/mol. The average Bonchev–Trinajstić information content (AvgIpc) is 3.47. The first-order chi connectivity index (χ1) is 15.6. The van der Waals surface area contributed by atoms with Gasteiger partial charge in [-0.2, -0.15) is 0 Å². The van der Waals surface area contributed by atoms with E-state index in [0.717, 1.165) is 18.5 Å². The summed E-state index contributed by atoms with van der Waals surface area (Å²) in [4.78, 5) is 19.0. The maximum atomic E-state index is 13.7. The topological polar surface area (TPSA) is 105 Å². The number of carbonyl (C=O) groups excluding carboxylic acids is 1. The summed E-state index contributed by atoms with van der Waals surface area (Å²) in [5.41, 5.74) is 7.31. The van der Waals surface area contributed by atoms with E-state index in [1.165, 1.54) is 4.90 Å². The molecule has 2 fully saturated rings. The maximum Gasteiger partial charge on any atom is 0.273 e. The number of nitrogens with two attached hydrogens (primary N) is 1. The van der Waals surface area contributed by atoms with E-state index in [1.807, 2.05) is 18.2 Å². The van der Waals surface area contributed by atoms with Gasteiger partial charge in [0.15, 0.2) is 11.7 Å². The van der Waals surface area contributed by atoms with Crippen molar-refractivity contribution in [2.45, 2.75) is 75.0 Å². The van der Waals surface area contributed by atoms with E-state index >= 15 is 0 Å². The number of aliphatic hydroxyl groups is 1. The number of halogens is 3. The largest absolute Gasteiger partial charge is 0.387 e. The molecule has 3 N–H and O–H groups in total. The third-order valence-electron chi connectivity index (χ3n) is 6.90. The fourth-order valence-electron chi connectivity index (χ4n) is 4.83. The van der Waals surface area contributed by atoms with Crippen LogP contribution in [0.25, 0.3) is 11.3 Å².